The molecule has 0 aromatic carbocycles. The van der Waals surface area contributed by atoms with Crippen LogP contribution in [0.3, 0.4) is 0 Å². The Morgan fingerprint density at radius 2 is 2.29 bits per heavy atom. The number of rotatable bonds is 2. The standard InChI is InChI=1S/C11H18N2O/c1-7(2)10-8(3)13-11(14-10)9-5-4-6-12-9/h7,9,12H,4-6H2,1-3H3. The molecule has 0 amide bonds. The van der Waals surface area contributed by atoms with Gasteiger partial charge in [0.25, 0.3) is 0 Å². The highest BCUT2D eigenvalue weighted by Gasteiger charge is 2.23. The van der Waals surface area contributed by atoms with Gasteiger partial charge in [0.1, 0.15) is 5.76 Å². The second kappa shape index (κ2) is 3.73. The van der Waals surface area contributed by atoms with Gasteiger partial charge in [-0.1, -0.05) is 13.8 Å². The normalized spacial score (nSPS) is 22.1. The van der Waals surface area contributed by atoms with Gasteiger partial charge in [-0.3, -0.25) is 0 Å². The minimum Gasteiger partial charge on any atom is -0.443 e. The van der Waals surface area contributed by atoms with E-state index in [4.69, 9.17) is 4.42 Å². The average Bonchev–Trinajstić information content (AvgIpc) is 2.70. The summed E-state index contributed by atoms with van der Waals surface area (Å²) < 4.78 is 5.79. The second-order valence-corrected chi connectivity index (χ2v) is 4.31. The number of nitrogens with one attached hydrogen (secondary N) is 1. The third-order valence-corrected chi connectivity index (χ3v) is 2.73. The molecule has 2 rings (SSSR count). The van der Waals surface area contributed by atoms with Crippen molar-refractivity contribution in [1.29, 1.82) is 0 Å². The van der Waals surface area contributed by atoms with Gasteiger partial charge in [0, 0.05) is 5.92 Å². The summed E-state index contributed by atoms with van der Waals surface area (Å²) in [5.74, 6) is 2.34. The van der Waals surface area contributed by atoms with Crippen molar-refractivity contribution < 1.29 is 4.42 Å². The molecule has 0 radical (unpaired) electrons. The van der Waals surface area contributed by atoms with E-state index in [2.05, 4.69) is 24.1 Å². The van der Waals surface area contributed by atoms with E-state index in [1.54, 1.807) is 0 Å². The fourth-order valence-corrected chi connectivity index (χ4v) is 2.01. The Morgan fingerprint density at radius 1 is 1.50 bits per heavy atom. The predicted molar refractivity (Wildman–Crippen MR) is 55.3 cm³/mol. The van der Waals surface area contributed by atoms with Crippen LogP contribution in [0.5, 0.6) is 0 Å². The fourth-order valence-electron chi connectivity index (χ4n) is 2.01. The van der Waals surface area contributed by atoms with Gasteiger partial charge in [-0.25, -0.2) is 4.98 Å². The van der Waals surface area contributed by atoms with Gasteiger partial charge < -0.3 is 9.73 Å². The van der Waals surface area contributed by atoms with E-state index in [1.165, 1.54) is 6.42 Å². The van der Waals surface area contributed by atoms with Crippen molar-refractivity contribution in [2.24, 2.45) is 0 Å². The molecule has 1 aromatic heterocycles. The Morgan fingerprint density at radius 3 is 2.79 bits per heavy atom. The van der Waals surface area contributed by atoms with Gasteiger partial charge in [0.15, 0.2) is 0 Å². The molecule has 0 bridgehead atoms. The largest absolute Gasteiger partial charge is 0.443 e. The third kappa shape index (κ3) is 1.69. The van der Waals surface area contributed by atoms with E-state index in [0.29, 0.717) is 12.0 Å². The van der Waals surface area contributed by atoms with Crippen LogP contribution < -0.4 is 5.32 Å². The summed E-state index contributed by atoms with van der Waals surface area (Å²) in [6, 6.07) is 0.348. The molecular weight excluding hydrogens is 176 g/mol. The Kier molecular flexibility index (Phi) is 2.59. The summed E-state index contributed by atoms with van der Waals surface area (Å²) in [5, 5.41) is 3.40. The summed E-state index contributed by atoms with van der Waals surface area (Å²) in [5.41, 5.74) is 1.05. The first-order valence-electron chi connectivity index (χ1n) is 5.39. The van der Waals surface area contributed by atoms with Gasteiger partial charge in [-0.15, -0.1) is 0 Å². The van der Waals surface area contributed by atoms with Crippen LogP contribution in [0.25, 0.3) is 0 Å². The monoisotopic (exact) mass is 194 g/mol. The molecule has 0 spiro atoms. The number of aromatic nitrogens is 1. The molecule has 0 saturated carbocycles. The number of hydrogen-bond donors (Lipinski definition) is 1. The van der Waals surface area contributed by atoms with E-state index >= 15 is 0 Å². The molecule has 1 aromatic rings. The van der Waals surface area contributed by atoms with Crippen molar-refractivity contribution in [3.63, 3.8) is 0 Å². The van der Waals surface area contributed by atoms with Gasteiger partial charge >= 0.3 is 0 Å². The first-order valence-corrected chi connectivity index (χ1v) is 5.39. The fraction of sp³-hybridized carbons (Fsp3) is 0.727. The first-order chi connectivity index (χ1) is 6.68. The van der Waals surface area contributed by atoms with Crippen molar-refractivity contribution in [2.75, 3.05) is 6.54 Å². The Bertz CT molecular complexity index is 311. The molecule has 1 atom stereocenters. The lowest BCUT2D eigenvalue weighted by Gasteiger charge is -2.04. The van der Waals surface area contributed by atoms with Gasteiger partial charge in [-0.2, -0.15) is 0 Å². The second-order valence-electron chi connectivity index (χ2n) is 4.31. The molecule has 1 aliphatic rings. The zero-order chi connectivity index (χ0) is 10.1. The van der Waals surface area contributed by atoms with Crippen molar-refractivity contribution in [3.05, 3.63) is 17.3 Å². The van der Waals surface area contributed by atoms with Crippen LogP contribution in [0.2, 0.25) is 0 Å². The Balaban J connectivity index is 2.22. The van der Waals surface area contributed by atoms with Crippen molar-refractivity contribution >= 4 is 0 Å². The molecule has 1 aliphatic heterocycles. The van der Waals surface area contributed by atoms with E-state index in [0.717, 1.165) is 30.3 Å². The van der Waals surface area contributed by atoms with Crippen LogP contribution in [0.15, 0.2) is 4.42 Å². The lowest BCUT2D eigenvalue weighted by Crippen LogP contribution is -2.12. The topological polar surface area (TPSA) is 38.1 Å². The van der Waals surface area contributed by atoms with Gasteiger partial charge in [0.2, 0.25) is 5.89 Å². The highest BCUT2D eigenvalue weighted by molar-refractivity contribution is 5.13. The van der Waals surface area contributed by atoms with Crippen LogP contribution in [-0.2, 0) is 0 Å². The third-order valence-electron chi connectivity index (χ3n) is 2.73. The van der Waals surface area contributed by atoms with E-state index in [9.17, 15) is 0 Å². The van der Waals surface area contributed by atoms with Crippen LogP contribution in [0, 0.1) is 6.92 Å². The van der Waals surface area contributed by atoms with Crippen LogP contribution in [-0.4, -0.2) is 11.5 Å². The number of hydrogen-bond acceptors (Lipinski definition) is 3. The van der Waals surface area contributed by atoms with Gasteiger partial charge in [0.05, 0.1) is 11.7 Å². The van der Waals surface area contributed by atoms with Crippen molar-refractivity contribution in [1.82, 2.24) is 10.3 Å². The SMILES string of the molecule is Cc1nc(C2CCCN2)oc1C(C)C. The van der Waals surface area contributed by atoms with Crippen LogP contribution in [0.4, 0.5) is 0 Å². The summed E-state index contributed by atoms with van der Waals surface area (Å²) in [6.07, 6.45) is 2.38. The maximum atomic E-state index is 5.79. The molecular formula is C11H18N2O. The molecule has 3 heteroatoms. The lowest BCUT2D eigenvalue weighted by atomic mass is 10.1. The summed E-state index contributed by atoms with van der Waals surface area (Å²) in [7, 11) is 0. The van der Waals surface area contributed by atoms with Crippen molar-refractivity contribution in [3.8, 4) is 0 Å². The molecule has 14 heavy (non-hydrogen) atoms. The molecule has 78 valence electrons. The molecule has 2 heterocycles. The smallest absolute Gasteiger partial charge is 0.211 e. The zero-order valence-electron chi connectivity index (χ0n) is 9.13. The highest BCUT2D eigenvalue weighted by Crippen LogP contribution is 2.27. The summed E-state index contributed by atoms with van der Waals surface area (Å²) in [6.45, 7) is 7.39. The maximum Gasteiger partial charge on any atom is 0.211 e. The zero-order valence-corrected chi connectivity index (χ0v) is 9.13. The van der Waals surface area contributed by atoms with Crippen molar-refractivity contribution in [2.45, 2.75) is 45.6 Å². The number of nitrogens with zero attached hydrogens (tertiary/aromatic N) is 1. The predicted octanol–water partition coefficient (Wildman–Crippen LogP) is 2.53. The summed E-state index contributed by atoms with van der Waals surface area (Å²) in [4.78, 5) is 4.48. The first kappa shape index (κ1) is 9.71. The van der Waals surface area contributed by atoms with E-state index in [1.807, 2.05) is 6.92 Å². The minimum absolute atomic E-state index is 0.348. The minimum atomic E-state index is 0.348. The van der Waals surface area contributed by atoms with Crippen LogP contribution >= 0.6 is 0 Å². The molecule has 3 nitrogen and oxygen atoms in total. The molecule has 1 N–H and O–H groups in total. The lowest BCUT2D eigenvalue weighted by molar-refractivity contribution is 0.394. The van der Waals surface area contributed by atoms with E-state index in [-0.39, 0.29) is 0 Å². The number of aryl methyl sites for hydroxylation is 1. The highest BCUT2D eigenvalue weighted by atomic mass is 16.4. The molecule has 0 aliphatic carbocycles. The Labute approximate surface area is 84.9 Å². The van der Waals surface area contributed by atoms with Crippen LogP contribution in [0.1, 0.15) is 56.0 Å². The summed E-state index contributed by atoms with van der Waals surface area (Å²) >= 11 is 0. The average molecular weight is 194 g/mol. The maximum absolute atomic E-state index is 5.79. The van der Waals surface area contributed by atoms with E-state index < -0.39 is 0 Å². The molecule has 1 saturated heterocycles. The number of oxazole rings is 1. The molecule has 1 fully saturated rings. The molecule has 1 unspecified atom stereocenters. The van der Waals surface area contributed by atoms with Gasteiger partial charge in [-0.05, 0) is 26.3 Å². The quantitative estimate of drug-likeness (QED) is 0.786. The Hall–Kier alpha value is -0.830.